The zero-order valence-corrected chi connectivity index (χ0v) is 70.0. The zero-order valence-electron chi connectivity index (χ0n) is 68.2. The van der Waals surface area contributed by atoms with Crippen LogP contribution in [0.3, 0.4) is 0 Å². The standard InChI is InChI=1S/C85H166O17P2/c1-6-9-12-15-17-19-21-23-25-27-28-29-30-31-36-40-44-48-52-56-61-66-71-85(90)102-81(75-96-83(88)69-64-59-54-50-46-42-39-35-33-32-34-37-41-45-49-53-58-62-67-78(4)5)77-100-104(93,94)98-73-79(86)72-97-103(91,92)99-76-80(74-95-82(87)68-63-57-14-11-8-3)101-84(89)70-65-60-55-51-47-43-38-26-24-22-20-18-16-13-10-7-2/h78-81,86H,6-77H2,1-5H3,(H,91,92)(H,93,94)/t79-,80+,81+/m0/s1. The van der Waals surface area contributed by atoms with Gasteiger partial charge in [0.1, 0.15) is 19.3 Å². The molecule has 0 spiro atoms. The van der Waals surface area contributed by atoms with E-state index in [1.165, 1.54) is 276 Å². The molecule has 0 aliphatic heterocycles. The van der Waals surface area contributed by atoms with Crippen molar-refractivity contribution in [2.45, 2.75) is 477 Å². The van der Waals surface area contributed by atoms with Crippen molar-refractivity contribution in [3.63, 3.8) is 0 Å². The summed E-state index contributed by atoms with van der Waals surface area (Å²) in [4.78, 5) is 72.8. The van der Waals surface area contributed by atoms with Crippen molar-refractivity contribution in [3.05, 3.63) is 0 Å². The third kappa shape index (κ3) is 78.2. The van der Waals surface area contributed by atoms with Gasteiger partial charge < -0.3 is 33.8 Å². The molecule has 5 atom stereocenters. The Bertz CT molecular complexity index is 1980. The molecule has 618 valence electrons. The van der Waals surface area contributed by atoms with Crippen LogP contribution in [-0.4, -0.2) is 96.7 Å². The lowest BCUT2D eigenvalue weighted by atomic mass is 10.0. The van der Waals surface area contributed by atoms with E-state index in [1.54, 1.807) is 0 Å². The zero-order chi connectivity index (χ0) is 76.2. The summed E-state index contributed by atoms with van der Waals surface area (Å²) in [5.74, 6) is -1.29. The van der Waals surface area contributed by atoms with Gasteiger partial charge in [0.2, 0.25) is 0 Å². The van der Waals surface area contributed by atoms with Gasteiger partial charge in [-0.1, -0.05) is 407 Å². The van der Waals surface area contributed by atoms with Crippen molar-refractivity contribution < 1.29 is 80.2 Å². The maximum absolute atomic E-state index is 13.1. The van der Waals surface area contributed by atoms with Gasteiger partial charge in [-0.2, -0.15) is 0 Å². The fourth-order valence-electron chi connectivity index (χ4n) is 13.3. The van der Waals surface area contributed by atoms with E-state index in [0.29, 0.717) is 25.7 Å². The molecule has 3 N–H and O–H groups in total. The smallest absolute Gasteiger partial charge is 0.462 e. The average Bonchev–Trinajstić information content (AvgIpc) is 0.942. The van der Waals surface area contributed by atoms with Gasteiger partial charge in [0.15, 0.2) is 12.2 Å². The lowest BCUT2D eigenvalue weighted by Gasteiger charge is -2.21. The van der Waals surface area contributed by atoms with E-state index in [9.17, 15) is 43.2 Å². The number of aliphatic hydroxyl groups is 1. The molecule has 0 aromatic carbocycles. The highest BCUT2D eigenvalue weighted by molar-refractivity contribution is 7.47. The van der Waals surface area contributed by atoms with E-state index in [1.807, 2.05) is 0 Å². The first-order valence-corrected chi connectivity index (χ1v) is 47.1. The summed E-state index contributed by atoms with van der Waals surface area (Å²) in [5.41, 5.74) is 0. The Morgan fingerprint density at radius 3 is 0.654 bits per heavy atom. The van der Waals surface area contributed by atoms with Crippen LogP contribution in [0.25, 0.3) is 0 Å². The predicted molar refractivity (Wildman–Crippen MR) is 428 cm³/mol. The maximum Gasteiger partial charge on any atom is 0.472 e. The number of phosphoric acid groups is 2. The van der Waals surface area contributed by atoms with Crippen molar-refractivity contribution in [2.24, 2.45) is 5.92 Å². The van der Waals surface area contributed by atoms with Crippen LogP contribution < -0.4 is 0 Å². The van der Waals surface area contributed by atoms with E-state index >= 15 is 0 Å². The van der Waals surface area contributed by atoms with E-state index in [-0.39, 0.29) is 25.7 Å². The molecule has 0 saturated carbocycles. The lowest BCUT2D eigenvalue weighted by molar-refractivity contribution is -0.161. The summed E-state index contributed by atoms with van der Waals surface area (Å²) < 4.78 is 68.6. The third-order valence-corrected chi connectivity index (χ3v) is 21.9. The quantitative estimate of drug-likeness (QED) is 0.0222. The molecule has 0 aliphatic carbocycles. The highest BCUT2D eigenvalue weighted by Gasteiger charge is 2.30. The number of phosphoric ester groups is 2. The number of hydrogen-bond donors (Lipinski definition) is 3. The fourth-order valence-corrected chi connectivity index (χ4v) is 14.9. The molecular formula is C85H166O17P2. The van der Waals surface area contributed by atoms with E-state index in [0.717, 1.165) is 102 Å². The number of rotatable bonds is 85. The molecule has 0 amide bonds. The monoisotopic (exact) mass is 1520 g/mol. The number of ether oxygens (including phenoxy) is 4. The molecule has 17 nitrogen and oxygen atoms in total. The fraction of sp³-hybridized carbons (Fsp3) is 0.953. The molecule has 0 fully saturated rings. The van der Waals surface area contributed by atoms with Crippen molar-refractivity contribution in [1.29, 1.82) is 0 Å². The Hall–Kier alpha value is -1.94. The normalized spacial score (nSPS) is 13.8. The molecule has 19 heteroatoms. The number of carbonyl (C=O) groups is 4. The Kier molecular flexibility index (Phi) is 76.3. The molecule has 0 rings (SSSR count). The third-order valence-electron chi connectivity index (χ3n) is 20.0. The summed E-state index contributed by atoms with van der Waals surface area (Å²) in [6.07, 6.45) is 71.5. The summed E-state index contributed by atoms with van der Waals surface area (Å²) in [5, 5.41) is 10.6. The molecule has 0 heterocycles. The van der Waals surface area contributed by atoms with Crippen LogP contribution in [0.5, 0.6) is 0 Å². The number of unbranched alkanes of at least 4 members (excludes halogenated alkanes) is 57. The largest absolute Gasteiger partial charge is 0.472 e. The molecule has 0 bridgehead atoms. The second-order valence-electron chi connectivity index (χ2n) is 31.1. The molecule has 2 unspecified atom stereocenters. The Balaban J connectivity index is 5.10. The van der Waals surface area contributed by atoms with Crippen LogP contribution in [0, 0.1) is 5.92 Å². The van der Waals surface area contributed by atoms with Gasteiger partial charge in [0, 0.05) is 25.7 Å². The number of hydrogen-bond acceptors (Lipinski definition) is 15. The van der Waals surface area contributed by atoms with Gasteiger partial charge in [0.05, 0.1) is 26.4 Å². The first kappa shape index (κ1) is 102. The molecule has 104 heavy (non-hydrogen) atoms. The van der Waals surface area contributed by atoms with E-state index in [4.69, 9.17) is 37.0 Å². The van der Waals surface area contributed by atoms with Crippen LogP contribution in [0.4, 0.5) is 0 Å². The summed E-state index contributed by atoms with van der Waals surface area (Å²) in [6, 6.07) is 0. The lowest BCUT2D eigenvalue weighted by Crippen LogP contribution is -2.30. The summed E-state index contributed by atoms with van der Waals surface area (Å²) >= 11 is 0. The summed E-state index contributed by atoms with van der Waals surface area (Å²) in [6.45, 7) is 7.30. The van der Waals surface area contributed by atoms with Crippen LogP contribution in [-0.2, 0) is 65.4 Å². The minimum atomic E-state index is -4.96. The molecule has 0 aliphatic rings. The second kappa shape index (κ2) is 77.8. The first-order chi connectivity index (χ1) is 50.5. The number of esters is 4. The molecule has 0 aromatic heterocycles. The minimum absolute atomic E-state index is 0.108. The Morgan fingerprint density at radius 1 is 0.260 bits per heavy atom. The molecule has 0 aromatic rings. The van der Waals surface area contributed by atoms with Crippen molar-refractivity contribution in [2.75, 3.05) is 39.6 Å². The highest BCUT2D eigenvalue weighted by atomic mass is 31.2. The minimum Gasteiger partial charge on any atom is -0.462 e. The van der Waals surface area contributed by atoms with Crippen LogP contribution in [0.1, 0.15) is 458 Å². The highest BCUT2D eigenvalue weighted by Crippen LogP contribution is 2.45. The van der Waals surface area contributed by atoms with Crippen molar-refractivity contribution >= 4 is 39.5 Å². The maximum atomic E-state index is 13.1. The Morgan fingerprint density at radius 2 is 0.442 bits per heavy atom. The molecule has 0 radical (unpaired) electrons. The van der Waals surface area contributed by atoms with E-state index in [2.05, 4.69) is 34.6 Å². The van der Waals surface area contributed by atoms with Gasteiger partial charge >= 0.3 is 39.5 Å². The number of carbonyl (C=O) groups excluding carboxylic acids is 4. The van der Waals surface area contributed by atoms with Crippen LogP contribution >= 0.6 is 15.6 Å². The van der Waals surface area contributed by atoms with Gasteiger partial charge in [0.25, 0.3) is 0 Å². The van der Waals surface area contributed by atoms with E-state index < -0.39 is 97.5 Å². The molecular weight excluding hydrogens is 1350 g/mol. The SMILES string of the molecule is CCCCCCCCCCCCCCCCCCCCCCCCC(=O)O[C@H](COC(=O)CCCCCCCCCCCCCCCCCCCCC(C)C)COP(=O)(O)OC[C@@H](O)COP(=O)(O)OC[C@@H](COC(=O)CCCCCCC)OC(=O)CCCCCCCCCCCCCCCCCC. The van der Waals surface area contributed by atoms with Crippen LogP contribution in [0.2, 0.25) is 0 Å². The van der Waals surface area contributed by atoms with Crippen molar-refractivity contribution in [1.82, 2.24) is 0 Å². The molecule has 0 saturated heterocycles. The van der Waals surface area contributed by atoms with Gasteiger partial charge in [-0.3, -0.25) is 37.3 Å². The van der Waals surface area contributed by atoms with Gasteiger partial charge in [-0.15, -0.1) is 0 Å². The second-order valence-corrected chi connectivity index (χ2v) is 34.0. The average molecular weight is 1520 g/mol. The Labute approximate surface area is 638 Å². The predicted octanol–water partition coefficient (Wildman–Crippen LogP) is 26.0. The van der Waals surface area contributed by atoms with Crippen molar-refractivity contribution in [3.8, 4) is 0 Å². The van der Waals surface area contributed by atoms with Gasteiger partial charge in [-0.25, -0.2) is 9.13 Å². The van der Waals surface area contributed by atoms with Gasteiger partial charge in [-0.05, 0) is 31.6 Å². The first-order valence-electron chi connectivity index (χ1n) is 44.1. The topological polar surface area (TPSA) is 237 Å². The van der Waals surface area contributed by atoms with Crippen LogP contribution in [0.15, 0.2) is 0 Å². The number of aliphatic hydroxyl groups excluding tert-OH is 1. The summed E-state index contributed by atoms with van der Waals surface area (Å²) in [7, 11) is -9.91.